The molecule has 2 aliphatic rings. The van der Waals surface area contributed by atoms with Gasteiger partial charge in [-0.05, 0) is 25.0 Å². The summed E-state index contributed by atoms with van der Waals surface area (Å²) in [5, 5.41) is 4.12. The van der Waals surface area contributed by atoms with Crippen LogP contribution in [0.25, 0.3) is 11.5 Å². The number of carbonyl (C=O) groups excluding carboxylic acids is 1. The maximum Gasteiger partial charge on any atom is 0.257 e. The quantitative estimate of drug-likeness (QED) is 0.872. The molecule has 1 atom stereocenters. The second-order valence-corrected chi connectivity index (χ2v) is 6.56. The summed E-state index contributed by atoms with van der Waals surface area (Å²) in [6, 6.07) is 10.2. The lowest BCUT2D eigenvalue weighted by Gasteiger charge is -2.31. The van der Waals surface area contributed by atoms with Crippen LogP contribution in [-0.4, -0.2) is 33.5 Å². The molecule has 0 spiro atoms. The Bertz CT molecular complexity index is 677. The van der Waals surface area contributed by atoms with Gasteiger partial charge in [0.15, 0.2) is 5.82 Å². The van der Waals surface area contributed by atoms with E-state index in [1.807, 2.05) is 30.3 Å². The van der Waals surface area contributed by atoms with Gasteiger partial charge < -0.3 is 9.42 Å². The Morgan fingerprint density at radius 1 is 1.09 bits per heavy atom. The monoisotopic (exact) mass is 311 g/mol. The van der Waals surface area contributed by atoms with Crippen molar-refractivity contribution in [2.24, 2.45) is 0 Å². The number of hydrogen-bond acceptors (Lipinski definition) is 4. The molecule has 1 aromatic heterocycles. The van der Waals surface area contributed by atoms with E-state index in [0.29, 0.717) is 24.2 Å². The highest BCUT2D eigenvalue weighted by molar-refractivity contribution is 5.80. The van der Waals surface area contributed by atoms with Crippen LogP contribution in [0, 0.1) is 0 Å². The maximum atomic E-state index is 12.4. The summed E-state index contributed by atoms with van der Waals surface area (Å²) in [7, 11) is 0. The molecule has 120 valence electrons. The Morgan fingerprint density at radius 3 is 2.65 bits per heavy atom. The van der Waals surface area contributed by atoms with E-state index in [0.717, 1.165) is 24.9 Å². The van der Waals surface area contributed by atoms with Crippen molar-refractivity contribution in [2.75, 3.05) is 6.54 Å². The van der Waals surface area contributed by atoms with Gasteiger partial charge in [0.25, 0.3) is 5.89 Å². The van der Waals surface area contributed by atoms with E-state index in [2.05, 4.69) is 15.0 Å². The highest BCUT2D eigenvalue weighted by atomic mass is 16.5. The lowest BCUT2D eigenvalue weighted by Crippen LogP contribution is -2.37. The van der Waals surface area contributed by atoms with E-state index in [4.69, 9.17) is 4.52 Å². The fourth-order valence-corrected chi connectivity index (χ4v) is 3.75. The van der Waals surface area contributed by atoms with Gasteiger partial charge in [-0.1, -0.05) is 42.6 Å². The summed E-state index contributed by atoms with van der Waals surface area (Å²) in [6.07, 6.45) is 6.55. The van der Waals surface area contributed by atoms with Gasteiger partial charge in [0.1, 0.15) is 0 Å². The van der Waals surface area contributed by atoms with Crippen LogP contribution in [0.3, 0.4) is 0 Å². The first-order chi connectivity index (χ1) is 11.3. The molecule has 1 amide bonds. The third-order valence-electron chi connectivity index (χ3n) is 5.00. The van der Waals surface area contributed by atoms with Crippen LogP contribution in [0.4, 0.5) is 0 Å². The number of amides is 1. The number of benzene rings is 1. The zero-order chi connectivity index (χ0) is 15.6. The molecule has 5 heteroatoms. The topological polar surface area (TPSA) is 59.2 Å². The molecule has 0 unspecified atom stereocenters. The smallest absolute Gasteiger partial charge is 0.257 e. The van der Waals surface area contributed by atoms with E-state index >= 15 is 0 Å². The number of aromatic nitrogens is 2. The van der Waals surface area contributed by atoms with Crippen LogP contribution >= 0.6 is 0 Å². The summed E-state index contributed by atoms with van der Waals surface area (Å²) in [6.45, 7) is 0.733. The molecule has 4 rings (SSSR count). The molecule has 1 aromatic carbocycles. The average molecular weight is 311 g/mol. The first-order valence-electron chi connectivity index (χ1n) is 8.50. The van der Waals surface area contributed by atoms with Gasteiger partial charge in [-0.25, -0.2) is 0 Å². The molecule has 0 bridgehead atoms. The van der Waals surface area contributed by atoms with E-state index < -0.39 is 0 Å². The SMILES string of the molecule is O=C1C[C@H](c2noc(-c3ccccc3)n2)CN1C1CCCCC1. The third kappa shape index (κ3) is 2.87. The molecule has 1 saturated heterocycles. The minimum Gasteiger partial charge on any atom is -0.339 e. The van der Waals surface area contributed by atoms with Crippen molar-refractivity contribution < 1.29 is 9.32 Å². The standard InChI is InChI=1S/C18H21N3O2/c22-16-11-14(12-21(16)15-9-5-2-6-10-15)17-19-18(23-20-17)13-7-3-1-4-8-13/h1,3-4,7-8,14-15H,2,5-6,9-12H2/t14-/m0/s1. The molecule has 1 saturated carbocycles. The molecule has 2 aromatic rings. The zero-order valence-electron chi connectivity index (χ0n) is 13.1. The predicted octanol–water partition coefficient (Wildman–Crippen LogP) is 3.39. The van der Waals surface area contributed by atoms with Crippen LogP contribution in [0.5, 0.6) is 0 Å². The van der Waals surface area contributed by atoms with Crippen molar-refractivity contribution in [3.8, 4) is 11.5 Å². The van der Waals surface area contributed by atoms with Crippen LogP contribution in [0.1, 0.15) is 50.3 Å². The van der Waals surface area contributed by atoms with Crippen molar-refractivity contribution in [1.82, 2.24) is 15.0 Å². The van der Waals surface area contributed by atoms with Crippen LogP contribution in [-0.2, 0) is 4.79 Å². The first kappa shape index (κ1) is 14.4. The summed E-state index contributed by atoms with van der Waals surface area (Å²) in [5.41, 5.74) is 0.916. The highest BCUT2D eigenvalue weighted by Crippen LogP contribution is 2.33. The van der Waals surface area contributed by atoms with Gasteiger partial charge in [-0.2, -0.15) is 4.98 Å². The van der Waals surface area contributed by atoms with Crippen molar-refractivity contribution in [3.05, 3.63) is 36.2 Å². The molecule has 0 N–H and O–H groups in total. The minimum absolute atomic E-state index is 0.0608. The van der Waals surface area contributed by atoms with Crippen molar-refractivity contribution in [3.63, 3.8) is 0 Å². The van der Waals surface area contributed by atoms with Gasteiger partial charge in [0, 0.05) is 30.5 Å². The lowest BCUT2D eigenvalue weighted by molar-refractivity contribution is -0.130. The molecule has 1 aliphatic carbocycles. The van der Waals surface area contributed by atoms with Gasteiger partial charge in [0.05, 0.1) is 0 Å². The Labute approximate surface area is 135 Å². The van der Waals surface area contributed by atoms with Crippen molar-refractivity contribution in [2.45, 2.75) is 50.5 Å². The molecule has 0 radical (unpaired) electrons. The number of rotatable bonds is 3. The molecular weight excluding hydrogens is 290 g/mol. The molecule has 2 heterocycles. The molecule has 2 fully saturated rings. The number of likely N-dealkylation sites (tertiary alicyclic amines) is 1. The molecule has 1 aliphatic heterocycles. The zero-order valence-corrected chi connectivity index (χ0v) is 13.1. The maximum absolute atomic E-state index is 12.4. The van der Waals surface area contributed by atoms with Crippen molar-refractivity contribution in [1.29, 1.82) is 0 Å². The van der Waals surface area contributed by atoms with Gasteiger partial charge in [0.2, 0.25) is 5.91 Å². The van der Waals surface area contributed by atoms with E-state index in [1.54, 1.807) is 0 Å². The van der Waals surface area contributed by atoms with E-state index in [1.165, 1.54) is 19.3 Å². The number of nitrogens with zero attached hydrogens (tertiary/aromatic N) is 3. The van der Waals surface area contributed by atoms with Gasteiger partial charge >= 0.3 is 0 Å². The average Bonchev–Trinajstić information content (AvgIpc) is 3.23. The fourth-order valence-electron chi connectivity index (χ4n) is 3.75. The second kappa shape index (κ2) is 6.14. The summed E-state index contributed by atoms with van der Waals surface area (Å²) in [4.78, 5) is 19.0. The first-order valence-corrected chi connectivity index (χ1v) is 8.50. The summed E-state index contributed by atoms with van der Waals surface area (Å²) < 4.78 is 5.39. The largest absolute Gasteiger partial charge is 0.339 e. The fraction of sp³-hybridized carbons (Fsp3) is 0.500. The minimum atomic E-state index is 0.0608. The molecule has 23 heavy (non-hydrogen) atoms. The van der Waals surface area contributed by atoms with Crippen molar-refractivity contribution >= 4 is 5.91 Å². The summed E-state index contributed by atoms with van der Waals surface area (Å²) in [5.74, 6) is 1.50. The lowest BCUT2D eigenvalue weighted by atomic mass is 9.94. The number of hydrogen-bond donors (Lipinski definition) is 0. The molecule has 5 nitrogen and oxygen atoms in total. The van der Waals surface area contributed by atoms with E-state index in [9.17, 15) is 4.79 Å². The Hall–Kier alpha value is -2.17. The van der Waals surface area contributed by atoms with Crippen LogP contribution in [0.15, 0.2) is 34.9 Å². The Morgan fingerprint density at radius 2 is 1.87 bits per heavy atom. The second-order valence-electron chi connectivity index (χ2n) is 6.56. The van der Waals surface area contributed by atoms with Gasteiger partial charge in [-0.15, -0.1) is 0 Å². The van der Waals surface area contributed by atoms with Crippen LogP contribution in [0.2, 0.25) is 0 Å². The van der Waals surface area contributed by atoms with Crippen LogP contribution < -0.4 is 0 Å². The van der Waals surface area contributed by atoms with E-state index in [-0.39, 0.29) is 11.8 Å². The predicted molar refractivity (Wildman–Crippen MR) is 85.7 cm³/mol. The third-order valence-corrected chi connectivity index (χ3v) is 5.00. The molecular formula is C18H21N3O2. The van der Waals surface area contributed by atoms with Gasteiger partial charge in [-0.3, -0.25) is 4.79 Å². The highest BCUT2D eigenvalue weighted by Gasteiger charge is 2.37. The Balaban J connectivity index is 1.49. The summed E-state index contributed by atoms with van der Waals surface area (Å²) >= 11 is 0. The number of carbonyl (C=O) groups is 1. The Kier molecular flexibility index (Phi) is 3.85. The normalized spacial score (nSPS) is 22.7.